The van der Waals surface area contributed by atoms with Crippen LogP contribution >= 0.6 is 11.3 Å². The molecule has 1 aliphatic heterocycles. The second-order valence-electron chi connectivity index (χ2n) is 8.71. The minimum atomic E-state index is -0.136. The molecular formula is C25H28N6OS. The van der Waals surface area contributed by atoms with Gasteiger partial charge in [0, 0.05) is 31.9 Å². The molecule has 1 fully saturated rings. The maximum absolute atomic E-state index is 13.2. The number of carbonyl (C=O) groups is 1. The van der Waals surface area contributed by atoms with E-state index >= 15 is 0 Å². The molecule has 0 aromatic carbocycles. The minimum Gasteiger partial charge on any atom is -0.357 e. The molecule has 0 atom stereocenters. The molecule has 5 rings (SSSR count). The number of nitrogens with zero attached hydrogens (tertiary/aromatic N) is 5. The van der Waals surface area contributed by atoms with Crippen molar-refractivity contribution in [3.63, 3.8) is 0 Å². The number of fused-ring (bicyclic) bond motifs is 1. The summed E-state index contributed by atoms with van der Waals surface area (Å²) in [6.07, 6.45) is 7.35. The van der Waals surface area contributed by atoms with Gasteiger partial charge in [-0.25, -0.2) is 14.6 Å². The second-order valence-corrected chi connectivity index (χ2v) is 9.66. The lowest BCUT2D eigenvalue weighted by molar-refractivity contribution is 0.0952. The Morgan fingerprint density at radius 3 is 2.70 bits per heavy atom. The molecule has 0 spiro atoms. The minimum absolute atomic E-state index is 0.136. The summed E-state index contributed by atoms with van der Waals surface area (Å²) in [5.74, 6) is 0.880. The van der Waals surface area contributed by atoms with E-state index in [1.807, 2.05) is 40.5 Å². The van der Waals surface area contributed by atoms with Crippen molar-refractivity contribution in [3.8, 4) is 10.6 Å². The van der Waals surface area contributed by atoms with Crippen LogP contribution in [0.4, 0.5) is 5.82 Å². The topological polar surface area (TPSA) is 75.9 Å². The van der Waals surface area contributed by atoms with Crippen molar-refractivity contribution in [1.82, 2.24) is 25.1 Å². The first-order valence-electron chi connectivity index (χ1n) is 11.5. The highest BCUT2D eigenvalue weighted by molar-refractivity contribution is 7.13. The van der Waals surface area contributed by atoms with Gasteiger partial charge in [-0.1, -0.05) is 12.1 Å². The fraction of sp³-hybridized carbons (Fsp3) is 0.360. The Kier molecular flexibility index (Phi) is 6.09. The van der Waals surface area contributed by atoms with Crippen LogP contribution in [0.1, 0.15) is 55.1 Å². The van der Waals surface area contributed by atoms with Gasteiger partial charge in [0.15, 0.2) is 5.65 Å². The summed E-state index contributed by atoms with van der Waals surface area (Å²) >= 11 is 1.61. The quantitative estimate of drug-likeness (QED) is 0.435. The van der Waals surface area contributed by atoms with Gasteiger partial charge in [0.1, 0.15) is 5.82 Å². The van der Waals surface area contributed by atoms with Crippen molar-refractivity contribution >= 4 is 34.1 Å². The summed E-state index contributed by atoms with van der Waals surface area (Å²) < 4.78 is 1.87. The number of aromatic nitrogens is 4. The maximum atomic E-state index is 13.2. The Labute approximate surface area is 197 Å². The molecule has 1 amide bonds. The molecule has 4 aromatic heterocycles. The third-order valence-electron chi connectivity index (χ3n) is 6.02. The zero-order chi connectivity index (χ0) is 22.8. The standard InChI is InChI=1S/C25H28N6OS/c1-17(2)31-24-20(16-28-31)19(13-21(29-24)22-7-6-12-33-22)25(32)27-15-18-8-9-23(26-14-18)30-10-4-3-5-11-30/h6-9,12-14,16-17H,3-5,10-11,15H2,1-2H3,(H,27,32). The van der Waals surface area contributed by atoms with Crippen LogP contribution in [0.15, 0.2) is 48.1 Å². The van der Waals surface area contributed by atoms with Crippen LogP contribution in [0.3, 0.4) is 0 Å². The van der Waals surface area contributed by atoms with E-state index in [1.54, 1.807) is 17.5 Å². The Bertz CT molecular complexity index is 1240. The van der Waals surface area contributed by atoms with Crippen LogP contribution < -0.4 is 10.2 Å². The van der Waals surface area contributed by atoms with Crippen molar-refractivity contribution in [3.05, 3.63) is 59.2 Å². The summed E-state index contributed by atoms with van der Waals surface area (Å²) in [6.45, 7) is 6.68. The number of pyridine rings is 2. The number of hydrogen-bond donors (Lipinski definition) is 1. The SMILES string of the molecule is CC(C)n1ncc2c(C(=O)NCc3ccc(N4CCCCC4)nc3)cc(-c3cccs3)nc21. The largest absolute Gasteiger partial charge is 0.357 e. The highest BCUT2D eigenvalue weighted by Crippen LogP contribution is 2.29. The summed E-state index contributed by atoms with van der Waals surface area (Å²) in [5, 5.41) is 10.3. The van der Waals surface area contributed by atoms with Crippen molar-refractivity contribution in [2.75, 3.05) is 18.0 Å². The molecule has 0 bridgehead atoms. The van der Waals surface area contributed by atoms with Crippen molar-refractivity contribution in [2.45, 2.75) is 45.7 Å². The van der Waals surface area contributed by atoms with Gasteiger partial charge in [0.25, 0.3) is 5.91 Å². The van der Waals surface area contributed by atoms with E-state index < -0.39 is 0 Å². The number of amides is 1. The number of thiophene rings is 1. The highest BCUT2D eigenvalue weighted by Gasteiger charge is 2.19. The van der Waals surface area contributed by atoms with Gasteiger partial charge >= 0.3 is 0 Å². The first kappa shape index (κ1) is 21.6. The van der Waals surface area contributed by atoms with Gasteiger partial charge in [-0.2, -0.15) is 5.10 Å². The maximum Gasteiger partial charge on any atom is 0.252 e. The van der Waals surface area contributed by atoms with Gasteiger partial charge in [-0.05, 0) is 62.3 Å². The fourth-order valence-electron chi connectivity index (χ4n) is 4.24. The van der Waals surface area contributed by atoms with E-state index in [0.717, 1.165) is 46.1 Å². The van der Waals surface area contributed by atoms with E-state index in [1.165, 1.54) is 19.3 Å². The number of piperidine rings is 1. The molecule has 4 aromatic rings. The number of hydrogen-bond acceptors (Lipinski definition) is 6. The smallest absolute Gasteiger partial charge is 0.252 e. The Morgan fingerprint density at radius 2 is 2.00 bits per heavy atom. The molecule has 170 valence electrons. The third-order valence-corrected chi connectivity index (χ3v) is 6.91. The zero-order valence-corrected chi connectivity index (χ0v) is 19.8. The van der Waals surface area contributed by atoms with Crippen LogP contribution in [0.5, 0.6) is 0 Å². The average molecular weight is 461 g/mol. The second kappa shape index (κ2) is 9.31. The summed E-state index contributed by atoms with van der Waals surface area (Å²) in [4.78, 5) is 26.1. The van der Waals surface area contributed by atoms with Crippen LogP contribution in [-0.2, 0) is 6.54 Å². The summed E-state index contributed by atoms with van der Waals surface area (Å²) in [6, 6.07) is 10.1. The van der Waals surface area contributed by atoms with Gasteiger partial charge in [-0.15, -0.1) is 11.3 Å². The molecule has 33 heavy (non-hydrogen) atoms. The van der Waals surface area contributed by atoms with E-state index in [-0.39, 0.29) is 11.9 Å². The number of nitrogens with one attached hydrogen (secondary N) is 1. The molecule has 0 aliphatic carbocycles. The Morgan fingerprint density at radius 1 is 1.15 bits per heavy atom. The normalized spacial score (nSPS) is 14.2. The Hall–Kier alpha value is -3.26. The van der Waals surface area contributed by atoms with Gasteiger partial charge in [-0.3, -0.25) is 4.79 Å². The van der Waals surface area contributed by atoms with Crippen molar-refractivity contribution in [2.24, 2.45) is 0 Å². The van der Waals surface area contributed by atoms with E-state index in [2.05, 4.69) is 40.2 Å². The first-order chi connectivity index (χ1) is 16.1. The monoisotopic (exact) mass is 460 g/mol. The van der Waals surface area contributed by atoms with Crippen LogP contribution in [0.2, 0.25) is 0 Å². The van der Waals surface area contributed by atoms with Crippen LogP contribution in [-0.4, -0.2) is 38.7 Å². The van der Waals surface area contributed by atoms with Crippen molar-refractivity contribution < 1.29 is 4.79 Å². The van der Waals surface area contributed by atoms with E-state index in [4.69, 9.17) is 4.98 Å². The predicted molar refractivity (Wildman–Crippen MR) is 133 cm³/mol. The lowest BCUT2D eigenvalue weighted by Crippen LogP contribution is -2.30. The fourth-order valence-corrected chi connectivity index (χ4v) is 4.93. The molecule has 1 saturated heterocycles. The molecular weight excluding hydrogens is 432 g/mol. The lowest BCUT2D eigenvalue weighted by Gasteiger charge is -2.27. The van der Waals surface area contributed by atoms with Gasteiger partial charge in [0.05, 0.1) is 27.7 Å². The number of anilines is 1. The molecule has 0 unspecified atom stereocenters. The lowest BCUT2D eigenvalue weighted by atomic mass is 10.1. The molecule has 0 radical (unpaired) electrons. The number of rotatable bonds is 6. The van der Waals surface area contributed by atoms with Crippen molar-refractivity contribution in [1.29, 1.82) is 0 Å². The molecule has 5 heterocycles. The highest BCUT2D eigenvalue weighted by atomic mass is 32.1. The van der Waals surface area contributed by atoms with E-state index in [9.17, 15) is 4.79 Å². The van der Waals surface area contributed by atoms with Gasteiger partial charge < -0.3 is 10.2 Å². The zero-order valence-electron chi connectivity index (χ0n) is 19.0. The van der Waals surface area contributed by atoms with Crippen LogP contribution in [0.25, 0.3) is 21.6 Å². The van der Waals surface area contributed by atoms with E-state index in [0.29, 0.717) is 12.1 Å². The Balaban J connectivity index is 1.38. The first-order valence-corrected chi connectivity index (χ1v) is 12.4. The summed E-state index contributed by atoms with van der Waals surface area (Å²) in [5.41, 5.74) is 3.09. The molecule has 0 saturated carbocycles. The predicted octanol–water partition coefficient (Wildman–Crippen LogP) is 5.06. The molecule has 8 heteroatoms. The average Bonchev–Trinajstić information content (AvgIpc) is 3.53. The molecule has 1 aliphatic rings. The summed E-state index contributed by atoms with van der Waals surface area (Å²) in [7, 11) is 0. The number of carbonyl (C=O) groups excluding carboxylic acids is 1. The van der Waals surface area contributed by atoms with Crippen LogP contribution in [0, 0.1) is 0 Å². The molecule has 7 nitrogen and oxygen atoms in total. The van der Waals surface area contributed by atoms with Gasteiger partial charge in [0.2, 0.25) is 0 Å². The third kappa shape index (κ3) is 4.48. The molecule has 1 N–H and O–H groups in total.